The summed E-state index contributed by atoms with van der Waals surface area (Å²) in [6, 6.07) is 5.24. The molecule has 0 heterocycles. The minimum absolute atomic E-state index is 0.0615. The maximum absolute atomic E-state index is 12.2. The third-order valence-electron chi connectivity index (χ3n) is 3.64. The number of halogens is 1. The van der Waals surface area contributed by atoms with Gasteiger partial charge in [-0.3, -0.25) is 4.79 Å². The van der Waals surface area contributed by atoms with E-state index in [9.17, 15) is 9.90 Å². The van der Waals surface area contributed by atoms with Crippen molar-refractivity contribution in [1.29, 1.82) is 0 Å². The Morgan fingerprint density at radius 3 is 2.79 bits per heavy atom. The lowest BCUT2D eigenvalue weighted by Crippen LogP contribution is -2.43. The number of carbonyl (C=O) groups is 1. The van der Waals surface area contributed by atoms with Crippen LogP contribution in [0.4, 0.5) is 5.69 Å². The minimum Gasteiger partial charge on any atom is -0.399 e. The Kier molecular flexibility index (Phi) is 4.82. The molecular weight excluding hydrogens is 308 g/mol. The molecule has 1 aromatic rings. The van der Waals surface area contributed by atoms with E-state index >= 15 is 0 Å². The molecule has 0 aromatic heterocycles. The summed E-state index contributed by atoms with van der Waals surface area (Å²) in [5.74, 6) is 0.0422. The average molecular weight is 327 g/mol. The molecule has 0 aliphatic heterocycles. The highest BCUT2D eigenvalue weighted by Crippen LogP contribution is 2.24. The van der Waals surface area contributed by atoms with E-state index in [1.165, 1.54) is 0 Å². The normalized spacial score (nSPS) is 23.1. The van der Waals surface area contributed by atoms with Crippen LogP contribution < -0.4 is 11.1 Å². The second-order valence-corrected chi connectivity index (χ2v) is 6.00. The molecule has 0 saturated heterocycles. The van der Waals surface area contributed by atoms with Crippen molar-refractivity contribution < 1.29 is 9.90 Å². The van der Waals surface area contributed by atoms with E-state index in [4.69, 9.17) is 5.73 Å². The van der Waals surface area contributed by atoms with Crippen LogP contribution in [0.5, 0.6) is 0 Å². The summed E-state index contributed by atoms with van der Waals surface area (Å²) in [6.07, 6.45) is 4.13. The van der Waals surface area contributed by atoms with E-state index in [0.717, 1.165) is 30.2 Å². The number of benzene rings is 1. The van der Waals surface area contributed by atoms with Gasteiger partial charge in [0.25, 0.3) is 5.91 Å². The van der Waals surface area contributed by atoms with Gasteiger partial charge in [-0.25, -0.2) is 0 Å². The average Bonchev–Trinajstić information content (AvgIpc) is 2.38. The first-order chi connectivity index (χ1) is 9.10. The van der Waals surface area contributed by atoms with Crippen LogP contribution in [0.1, 0.15) is 36.0 Å². The van der Waals surface area contributed by atoms with Crippen LogP contribution >= 0.6 is 15.9 Å². The Hall–Kier alpha value is -1.07. The van der Waals surface area contributed by atoms with E-state index in [0.29, 0.717) is 11.3 Å². The fourth-order valence-corrected chi connectivity index (χ4v) is 3.12. The van der Waals surface area contributed by atoms with Crippen molar-refractivity contribution in [2.75, 3.05) is 12.3 Å². The van der Waals surface area contributed by atoms with Crippen LogP contribution in [0, 0.1) is 5.92 Å². The molecular formula is C14H19BrN2O2. The van der Waals surface area contributed by atoms with E-state index in [2.05, 4.69) is 21.2 Å². The summed E-state index contributed by atoms with van der Waals surface area (Å²) in [5, 5.41) is 12.4. The second kappa shape index (κ2) is 6.39. The number of hydrogen-bond donors (Lipinski definition) is 3. The number of nitrogens with two attached hydrogens (primary N) is 1. The molecule has 1 aromatic carbocycles. The standard InChI is InChI=1S/C14H19BrN2O2/c15-11-5-10(6-12(16)7-11)14(19)17-13-4-2-1-3-9(13)8-18/h5-7,9,13,18H,1-4,8,16H2,(H,17,19). The molecule has 1 fully saturated rings. The fraction of sp³-hybridized carbons (Fsp3) is 0.500. The number of carbonyl (C=O) groups excluding carboxylic acids is 1. The summed E-state index contributed by atoms with van der Waals surface area (Å²) in [6.45, 7) is 0.131. The zero-order chi connectivity index (χ0) is 13.8. The summed E-state index contributed by atoms with van der Waals surface area (Å²) in [5.41, 5.74) is 6.84. The molecule has 2 unspecified atom stereocenters. The van der Waals surface area contributed by atoms with Gasteiger partial charge in [0.05, 0.1) is 0 Å². The van der Waals surface area contributed by atoms with Gasteiger partial charge in [0, 0.05) is 34.3 Å². The van der Waals surface area contributed by atoms with Crippen molar-refractivity contribution in [2.24, 2.45) is 5.92 Å². The van der Waals surface area contributed by atoms with Gasteiger partial charge in [-0.2, -0.15) is 0 Å². The third kappa shape index (κ3) is 3.70. The van der Waals surface area contributed by atoms with E-state index in [1.54, 1.807) is 18.2 Å². The van der Waals surface area contributed by atoms with Crippen LogP contribution in [-0.2, 0) is 0 Å². The van der Waals surface area contributed by atoms with Crippen molar-refractivity contribution in [3.8, 4) is 0 Å². The Bertz CT molecular complexity index is 445. The Labute approximate surface area is 121 Å². The predicted molar refractivity (Wildman–Crippen MR) is 78.9 cm³/mol. The SMILES string of the molecule is Nc1cc(Br)cc(C(=O)NC2CCCCC2CO)c1. The van der Waals surface area contributed by atoms with Crippen molar-refractivity contribution in [1.82, 2.24) is 5.32 Å². The minimum atomic E-state index is -0.127. The molecule has 4 nitrogen and oxygen atoms in total. The molecule has 4 N–H and O–H groups in total. The number of anilines is 1. The summed E-state index contributed by atoms with van der Waals surface area (Å²) >= 11 is 3.33. The van der Waals surface area contributed by atoms with Gasteiger partial charge in [0.2, 0.25) is 0 Å². The third-order valence-corrected chi connectivity index (χ3v) is 4.10. The monoisotopic (exact) mass is 326 g/mol. The van der Waals surface area contributed by atoms with Gasteiger partial charge in [-0.15, -0.1) is 0 Å². The van der Waals surface area contributed by atoms with Crippen LogP contribution in [0.2, 0.25) is 0 Å². The van der Waals surface area contributed by atoms with E-state index in [1.807, 2.05) is 0 Å². The smallest absolute Gasteiger partial charge is 0.251 e. The van der Waals surface area contributed by atoms with Gasteiger partial charge in [-0.1, -0.05) is 28.8 Å². The molecule has 0 spiro atoms. The summed E-state index contributed by atoms with van der Waals surface area (Å²) < 4.78 is 0.792. The molecule has 19 heavy (non-hydrogen) atoms. The number of aliphatic hydroxyl groups excluding tert-OH is 1. The lowest BCUT2D eigenvalue weighted by Gasteiger charge is -2.30. The largest absolute Gasteiger partial charge is 0.399 e. The topological polar surface area (TPSA) is 75.4 Å². The number of amides is 1. The van der Waals surface area contributed by atoms with Gasteiger partial charge >= 0.3 is 0 Å². The molecule has 1 aliphatic carbocycles. The van der Waals surface area contributed by atoms with Crippen LogP contribution in [0.25, 0.3) is 0 Å². The van der Waals surface area contributed by atoms with Crippen LogP contribution in [0.3, 0.4) is 0 Å². The predicted octanol–water partition coefficient (Wildman–Crippen LogP) is 2.31. The first-order valence-corrected chi connectivity index (χ1v) is 7.37. The zero-order valence-electron chi connectivity index (χ0n) is 10.7. The molecule has 5 heteroatoms. The maximum Gasteiger partial charge on any atom is 0.251 e. The number of nitrogens with one attached hydrogen (secondary N) is 1. The van der Waals surface area contributed by atoms with E-state index < -0.39 is 0 Å². The fourth-order valence-electron chi connectivity index (χ4n) is 2.61. The maximum atomic E-state index is 12.2. The highest BCUT2D eigenvalue weighted by atomic mass is 79.9. The highest BCUT2D eigenvalue weighted by Gasteiger charge is 2.26. The van der Waals surface area contributed by atoms with Crippen molar-refractivity contribution in [3.63, 3.8) is 0 Å². The Morgan fingerprint density at radius 1 is 1.37 bits per heavy atom. The first-order valence-electron chi connectivity index (χ1n) is 6.58. The molecule has 1 aliphatic rings. The van der Waals surface area contributed by atoms with Gasteiger partial charge in [0.1, 0.15) is 0 Å². The van der Waals surface area contributed by atoms with Gasteiger partial charge in [0.15, 0.2) is 0 Å². The Balaban J connectivity index is 2.07. The van der Waals surface area contributed by atoms with Gasteiger partial charge in [-0.05, 0) is 31.0 Å². The molecule has 1 amide bonds. The van der Waals surface area contributed by atoms with Gasteiger partial charge < -0.3 is 16.2 Å². The number of hydrogen-bond acceptors (Lipinski definition) is 3. The van der Waals surface area contributed by atoms with E-state index in [-0.39, 0.29) is 24.5 Å². The van der Waals surface area contributed by atoms with Crippen molar-refractivity contribution in [2.45, 2.75) is 31.7 Å². The lowest BCUT2D eigenvalue weighted by atomic mass is 9.85. The van der Waals surface area contributed by atoms with Crippen molar-refractivity contribution >= 4 is 27.5 Å². The molecule has 0 bridgehead atoms. The second-order valence-electron chi connectivity index (χ2n) is 5.08. The lowest BCUT2D eigenvalue weighted by molar-refractivity contribution is 0.0872. The quantitative estimate of drug-likeness (QED) is 0.746. The number of rotatable bonds is 3. The summed E-state index contributed by atoms with van der Waals surface area (Å²) in [4.78, 5) is 12.2. The number of nitrogen functional groups attached to an aromatic ring is 1. The van der Waals surface area contributed by atoms with Crippen molar-refractivity contribution in [3.05, 3.63) is 28.2 Å². The highest BCUT2D eigenvalue weighted by molar-refractivity contribution is 9.10. The molecule has 104 valence electrons. The molecule has 2 rings (SSSR count). The molecule has 1 saturated carbocycles. The molecule has 0 radical (unpaired) electrons. The summed E-state index contributed by atoms with van der Waals surface area (Å²) in [7, 11) is 0. The molecule has 2 atom stereocenters. The first kappa shape index (κ1) is 14.3. The van der Waals surface area contributed by atoms with Crippen LogP contribution in [-0.4, -0.2) is 23.7 Å². The van der Waals surface area contributed by atoms with Crippen LogP contribution in [0.15, 0.2) is 22.7 Å². The zero-order valence-corrected chi connectivity index (χ0v) is 12.3. The number of aliphatic hydroxyl groups is 1. The Morgan fingerprint density at radius 2 is 2.11 bits per heavy atom.